The zero-order valence-corrected chi connectivity index (χ0v) is 15.0. The minimum absolute atomic E-state index is 0.0626. The molecule has 1 N–H and O–H groups in total. The van der Waals surface area contributed by atoms with Crippen LogP contribution in [0.2, 0.25) is 0 Å². The number of hydrogen-bond donors (Lipinski definition) is 1. The van der Waals surface area contributed by atoms with Crippen molar-refractivity contribution in [3.8, 4) is 11.4 Å². The van der Waals surface area contributed by atoms with E-state index in [0.717, 1.165) is 26.5 Å². The van der Waals surface area contributed by atoms with Gasteiger partial charge in [-0.05, 0) is 24.3 Å². The normalized spacial score (nSPS) is 12.9. The number of aromatic nitrogens is 3. The van der Waals surface area contributed by atoms with Crippen LogP contribution in [-0.4, -0.2) is 19.8 Å². The van der Waals surface area contributed by atoms with Crippen LogP contribution in [0, 0.1) is 10.1 Å². The second-order valence-corrected chi connectivity index (χ2v) is 6.97. The van der Waals surface area contributed by atoms with Crippen LogP contribution in [-0.2, 0) is 0 Å². The molecule has 2 heterocycles. The van der Waals surface area contributed by atoms with E-state index in [2.05, 4.69) is 31.6 Å². The third-order valence-electron chi connectivity index (χ3n) is 3.62. The highest BCUT2D eigenvalue weighted by atomic mass is 79.9. The quantitative estimate of drug-likeness (QED) is 0.507. The second kappa shape index (κ2) is 6.34. The molecule has 1 aliphatic heterocycles. The van der Waals surface area contributed by atoms with Crippen LogP contribution in [0.5, 0.6) is 0 Å². The Labute approximate surface area is 155 Å². The molecule has 0 unspecified atom stereocenters. The summed E-state index contributed by atoms with van der Waals surface area (Å²) in [6, 6.07) is 14.2. The molecular formula is C16H10BrN5O2S. The SMILES string of the molecule is O=[N+]([O-])c1ccc(C2=CSc3nnc(-c4cccc(Br)c4)n3N2)cc1. The summed E-state index contributed by atoms with van der Waals surface area (Å²) in [5.41, 5.74) is 5.93. The number of benzene rings is 2. The van der Waals surface area contributed by atoms with E-state index in [1.54, 1.807) is 12.1 Å². The maximum absolute atomic E-state index is 10.8. The van der Waals surface area contributed by atoms with E-state index >= 15 is 0 Å². The molecule has 0 saturated carbocycles. The van der Waals surface area contributed by atoms with Crippen molar-refractivity contribution in [2.45, 2.75) is 5.16 Å². The third kappa shape index (κ3) is 3.03. The largest absolute Gasteiger partial charge is 0.289 e. The summed E-state index contributed by atoms with van der Waals surface area (Å²) in [5, 5.41) is 21.9. The molecule has 0 radical (unpaired) electrons. The number of halogens is 1. The molecule has 124 valence electrons. The van der Waals surface area contributed by atoms with Gasteiger partial charge in [-0.2, -0.15) is 0 Å². The summed E-state index contributed by atoms with van der Waals surface area (Å²) >= 11 is 4.90. The Bertz CT molecular complexity index is 1000. The topological polar surface area (TPSA) is 85.9 Å². The minimum atomic E-state index is -0.412. The minimum Gasteiger partial charge on any atom is -0.289 e. The number of fused-ring (bicyclic) bond motifs is 1. The lowest BCUT2D eigenvalue weighted by Crippen LogP contribution is -2.18. The van der Waals surface area contributed by atoms with Crippen LogP contribution in [0.4, 0.5) is 5.69 Å². The molecule has 2 aromatic carbocycles. The molecule has 25 heavy (non-hydrogen) atoms. The number of nitrogens with one attached hydrogen (secondary N) is 1. The number of hydrogen-bond acceptors (Lipinski definition) is 6. The molecule has 0 atom stereocenters. The van der Waals surface area contributed by atoms with Crippen molar-refractivity contribution in [3.63, 3.8) is 0 Å². The molecule has 9 heteroatoms. The van der Waals surface area contributed by atoms with E-state index < -0.39 is 4.92 Å². The first-order valence-electron chi connectivity index (χ1n) is 7.22. The molecule has 3 aromatic rings. The molecule has 4 rings (SSSR count). The first-order valence-corrected chi connectivity index (χ1v) is 8.89. The van der Waals surface area contributed by atoms with Gasteiger partial charge in [-0.25, -0.2) is 4.68 Å². The van der Waals surface area contributed by atoms with E-state index in [4.69, 9.17) is 0 Å². The Morgan fingerprint density at radius 3 is 2.64 bits per heavy atom. The van der Waals surface area contributed by atoms with Gasteiger partial charge in [-0.3, -0.25) is 15.5 Å². The van der Waals surface area contributed by atoms with Crippen molar-refractivity contribution in [1.82, 2.24) is 14.9 Å². The molecule has 7 nitrogen and oxygen atoms in total. The molecule has 0 bridgehead atoms. The Kier molecular flexibility index (Phi) is 4.02. The van der Waals surface area contributed by atoms with Crippen molar-refractivity contribution in [2.75, 3.05) is 5.43 Å². The molecule has 0 spiro atoms. The lowest BCUT2D eigenvalue weighted by atomic mass is 10.1. The van der Waals surface area contributed by atoms with Gasteiger partial charge in [0.05, 0.1) is 10.6 Å². The first-order chi connectivity index (χ1) is 12.1. The number of nitrogens with zero attached hydrogens (tertiary/aromatic N) is 4. The van der Waals surface area contributed by atoms with Gasteiger partial charge in [-0.1, -0.05) is 39.8 Å². The van der Waals surface area contributed by atoms with Crippen LogP contribution in [0.1, 0.15) is 5.56 Å². The highest BCUT2D eigenvalue weighted by molar-refractivity contribution is 9.10. The zero-order chi connectivity index (χ0) is 17.4. The molecule has 1 aromatic heterocycles. The van der Waals surface area contributed by atoms with Crippen LogP contribution in [0.15, 0.2) is 63.6 Å². The average Bonchev–Trinajstić information content (AvgIpc) is 3.05. The summed E-state index contributed by atoms with van der Waals surface area (Å²) in [5.74, 6) is 0.691. The summed E-state index contributed by atoms with van der Waals surface area (Å²) in [6.07, 6.45) is 0. The predicted octanol–water partition coefficient (Wildman–Crippen LogP) is 4.26. The smallest absolute Gasteiger partial charge is 0.269 e. The Hall–Kier alpha value is -2.65. The fourth-order valence-corrected chi connectivity index (χ4v) is 3.55. The highest BCUT2D eigenvalue weighted by Gasteiger charge is 2.20. The standard InChI is InChI=1S/C16H10BrN5O2S/c17-12-3-1-2-11(8-12)15-18-19-16-21(15)20-14(9-25-16)10-4-6-13(7-5-10)22(23)24/h1-9,20H. The van der Waals surface area contributed by atoms with Crippen LogP contribution in [0.25, 0.3) is 17.1 Å². The molecule has 0 saturated heterocycles. The highest BCUT2D eigenvalue weighted by Crippen LogP contribution is 2.32. The van der Waals surface area contributed by atoms with E-state index in [0.29, 0.717) is 5.82 Å². The van der Waals surface area contributed by atoms with Gasteiger partial charge in [-0.15, -0.1) is 10.2 Å². The monoisotopic (exact) mass is 415 g/mol. The molecule has 1 aliphatic rings. The van der Waals surface area contributed by atoms with Crippen LogP contribution >= 0.6 is 27.7 Å². The van der Waals surface area contributed by atoms with Crippen molar-refractivity contribution in [3.05, 3.63) is 74.1 Å². The lowest BCUT2D eigenvalue weighted by Gasteiger charge is -2.19. The lowest BCUT2D eigenvalue weighted by molar-refractivity contribution is -0.384. The van der Waals surface area contributed by atoms with Gasteiger partial charge in [0.15, 0.2) is 5.82 Å². The van der Waals surface area contributed by atoms with E-state index in [-0.39, 0.29) is 5.69 Å². The van der Waals surface area contributed by atoms with Gasteiger partial charge in [0, 0.05) is 33.1 Å². The number of non-ortho nitro benzene ring substituents is 1. The maximum Gasteiger partial charge on any atom is 0.269 e. The van der Waals surface area contributed by atoms with Crippen molar-refractivity contribution < 1.29 is 4.92 Å². The average molecular weight is 416 g/mol. The fraction of sp³-hybridized carbons (Fsp3) is 0. The predicted molar refractivity (Wildman–Crippen MR) is 99.4 cm³/mol. The van der Waals surface area contributed by atoms with Crippen molar-refractivity contribution in [1.29, 1.82) is 0 Å². The van der Waals surface area contributed by atoms with Gasteiger partial charge >= 0.3 is 0 Å². The second-order valence-electron chi connectivity index (χ2n) is 5.22. The van der Waals surface area contributed by atoms with Crippen LogP contribution in [0.3, 0.4) is 0 Å². The summed E-state index contributed by atoms with van der Waals surface area (Å²) in [7, 11) is 0. The summed E-state index contributed by atoms with van der Waals surface area (Å²) in [6.45, 7) is 0. The summed E-state index contributed by atoms with van der Waals surface area (Å²) < 4.78 is 2.76. The third-order valence-corrected chi connectivity index (χ3v) is 4.94. The number of nitro benzene ring substituents is 1. The van der Waals surface area contributed by atoms with Crippen molar-refractivity contribution in [2.24, 2.45) is 0 Å². The Morgan fingerprint density at radius 2 is 1.92 bits per heavy atom. The molecule has 0 aliphatic carbocycles. The summed E-state index contributed by atoms with van der Waals surface area (Å²) in [4.78, 5) is 10.4. The first kappa shape index (κ1) is 15.9. The molecular weight excluding hydrogens is 406 g/mol. The fourth-order valence-electron chi connectivity index (χ4n) is 2.42. The van der Waals surface area contributed by atoms with Gasteiger partial charge < -0.3 is 0 Å². The van der Waals surface area contributed by atoms with Gasteiger partial charge in [0.1, 0.15) is 0 Å². The zero-order valence-electron chi connectivity index (χ0n) is 12.6. The Morgan fingerprint density at radius 1 is 1.12 bits per heavy atom. The van der Waals surface area contributed by atoms with Crippen LogP contribution < -0.4 is 5.43 Å². The molecule has 0 amide bonds. The van der Waals surface area contributed by atoms with E-state index in [1.165, 1.54) is 23.9 Å². The van der Waals surface area contributed by atoms with E-state index in [1.807, 2.05) is 34.3 Å². The van der Waals surface area contributed by atoms with Crippen molar-refractivity contribution >= 4 is 39.1 Å². The number of rotatable bonds is 3. The number of thioether (sulfide) groups is 1. The van der Waals surface area contributed by atoms with E-state index in [9.17, 15) is 10.1 Å². The number of nitro groups is 1. The molecule has 0 fully saturated rings. The Balaban J connectivity index is 1.67. The van der Waals surface area contributed by atoms with Gasteiger partial charge in [0.25, 0.3) is 5.69 Å². The maximum atomic E-state index is 10.8. The van der Waals surface area contributed by atoms with Gasteiger partial charge in [0.2, 0.25) is 5.16 Å².